The lowest BCUT2D eigenvalue weighted by Gasteiger charge is -2.10. The van der Waals surface area contributed by atoms with Crippen LogP contribution in [0, 0.1) is 10.5 Å². The van der Waals surface area contributed by atoms with Crippen molar-refractivity contribution in [2.75, 3.05) is 5.32 Å². The highest BCUT2D eigenvalue weighted by molar-refractivity contribution is 14.1. The van der Waals surface area contributed by atoms with Gasteiger partial charge in [0.25, 0.3) is 5.91 Å². The average molecular weight is 476 g/mol. The summed E-state index contributed by atoms with van der Waals surface area (Å²) in [6.45, 7) is 1.88. The number of halogens is 2. The van der Waals surface area contributed by atoms with Gasteiger partial charge in [-0.2, -0.15) is 0 Å². The number of carbonyl (C=O) groups excluding carboxylic acids is 1. The number of nitrogens with zero attached hydrogens (tertiary/aromatic N) is 1. The second-order valence-corrected chi connectivity index (χ2v) is 6.69. The molecule has 0 radical (unpaired) electrons. The van der Waals surface area contributed by atoms with Crippen molar-refractivity contribution in [2.24, 2.45) is 0 Å². The van der Waals surface area contributed by atoms with Crippen LogP contribution >= 0.6 is 50.7 Å². The molecule has 2 rings (SSSR count). The molecule has 2 aromatic rings. The van der Waals surface area contributed by atoms with E-state index >= 15 is 0 Å². The van der Waals surface area contributed by atoms with Crippen molar-refractivity contribution in [3.05, 3.63) is 55.7 Å². The van der Waals surface area contributed by atoms with Gasteiger partial charge >= 0.3 is 0 Å². The lowest BCUT2D eigenvalue weighted by Crippen LogP contribution is -2.34. The third-order valence-corrected chi connectivity index (χ3v) is 4.36. The number of hydrogen-bond donors (Lipinski definition) is 2. The minimum absolute atomic E-state index is 0.216. The van der Waals surface area contributed by atoms with Crippen molar-refractivity contribution in [1.29, 1.82) is 0 Å². The molecule has 108 valence electrons. The lowest BCUT2D eigenvalue weighted by atomic mass is 10.2. The van der Waals surface area contributed by atoms with Gasteiger partial charge < -0.3 is 5.32 Å². The maximum absolute atomic E-state index is 12.0. The van der Waals surface area contributed by atoms with Crippen LogP contribution in [0.5, 0.6) is 0 Å². The Morgan fingerprint density at radius 2 is 1.90 bits per heavy atom. The normalized spacial score (nSPS) is 10.0. The summed E-state index contributed by atoms with van der Waals surface area (Å²) in [5.41, 5.74) is 1.39. The SMILES string of the molecule is Cc1nc(NC(=S)NC(=O)c2ccc(I)cc2)ccc1Br. The van der Waals surface area contributed by atoms with E-state index in [1.807, 2.05) is 25.1 Å². The van der Waals surface area contributed by atoms with E-state index in [2.05, 4.69) is 54.1 Å². The predicted molar refractivity (Wildman–Crippen MR) is 99.5 cm³/mol. The highest BCUT2D eigenvalue weighted by Gasteiger charge is 2.08. The molecule has 1 heterocycles. The topological polar surface area (TPSA) is 54.0 Å². The number of aromatic nitrogens is 1. The second-order valence-electron chi connectivity index (χ2n) is 4.18. The Morgan fingerprint density at radius 1 is 1.24 bits per heavy atom. The molecular weight excluding hydrogens is 465 g/mol. The Balaban J connectivity index is 1.99. The number of thiocarbonyl (C=S) groups is 1. The molecule has 0 aliphatic heterocycles. The number of nitrogens with one attached hydrogen (secondary N) is 2. The van der Waals surface area contributed by atoms with Crippen LogP contribution in [0.2, 0.25) is 0 Å². The molecule has 0 atom stereocenters. The molecule has 2 N–H and O–H groups in total. The van der Waals surface area contributed by atoms with Crippen LogP contribution in [0.3, 0.4) is 0 Å². The first-order valence-corrected chi connectivity index (χ1v) is 8.25. The first-order chi connectivity index (χ1) is 9.95. The average Bonchev–Trinajstić information content (AvgIpc) is 2.43. The zero-order valence-corrected chi connectivity index (χ0v) is 15.5. The van der Waals surface area contributed by atoms with Gasteiger partial charge in [-0.05, 0) is 94.1 Å². The van der Waals surface area contributed by atoms with Crippen molar-refractivity contribution in [3.63, 3.8) is 0 Å². The van der Waals surface area contributed by atoms with E-state index in [-0.39, 0.29) is 11.0 Å². The van der Waals surface area contributed by atoms with Gasteiger partial charge in [0.2, 0.25) is 0 Å². The molecule has 0 saturated heterocycles. The number of anilines is 1. The van der Waals surface area contributed by atoms with Gasteiger partial charge in [-0.1, -0.05) is 0 Å². The molecule has 1 aromatic heterocycles. The lowest BCUT2D eigenvalue weighted by molar-refractivity contribution is 0.0977. The van der Waals surface area contributed by atoms with Crippen LogP contribution in [-0.2, 0) is 0 Å². The number of rotatable bonds is 2. The quantitative estimate of drug-likeness (QED) is 0.511. The monoisotopic (exact) mass is 475 g/mol. The van der Waals surface area contributed by atoms with Crippen molar-refractivity contribution >= 4 is 67.6 Å². The molecule has 21 heavy (non-hydrogen) atoms. The van der Waals surface area contributed by atoms with Crippen molar-refractivity contribution in [3.8, 4) is 0 Å². The van der Waals surface area contributed by atoms with Crippen LogP contribution in [0.1, 0.15) is 16.1 Å². The maximum Gasteiger partial charge on any atom is 0.257 e. The first kappa shape index (κ1) is 16.3. The van der Waals surface area contributed by atoms with E-state index in [0.29, 0.717) is 11.4 Å². The molecule has 7 heteroatoms. The van der Waals surface area contributed by atoms with Crippen LogP contribution in [0.25, 0.3) is 0 Å². The summed E-state index contributed by atoms with van der Waals surface area (Å²) in [5.74, 6) is 0.335. The van der Waals surface area contributed by atoms with E-state index in [0.717, 1.165) is 13.7 Å². The molecule has 1 aromatic carbocycles. The Labute approximate surface area is 150 Å². The summed E-state index contributed by atoms with van der Waals surface area (Å²) in [5, 5.41) is 5.73. The number of carbonyl (C=O) groups is 1. The number of aryl methyl sites for hydroxylation is 1. The Morgan fingerprint density at radius 3 is 2.52 bits per heavy atom. The number of hydrogen-bond acceptors (Lipinski definition) is 3. The molecule has 0 bridgehead atoms. The molecule has 1 amide bonds. The van der Waals surface area contributed by atoms with Gasteiger partial charge in [-0.25, -0.2) is 4.98 Å². The molecule has 0 aliphatic rings. The van der Waals surface area contributed by atoms with Gasteiger partial charge in [0.05, 0.1) is 5.69 Å². The largest absolute Gasteiger partial charge is 0.317 e. The molecule has 4 nitrogen and oxygen atoms in total. The Hall–Kier alpha value is -1.06. The van der Waals surface area contributed by atoms with E-state index in [4.69, 9.17) is 12.2 Å². The standard InChI is InChI=1S/C14H11BrIN3OS/c1-8-11(15)6-7-12(17-8)18-14(21)19-13(20)9-2-4-10(16)5-3-9/h2-7H,1H3,(H2,17,18,19,20,21). The summed E-state index contributed by atoms with van der Waals surface area (Å²) >= 11 is 10.7. The molecule has 0 unspecified atom stereocenters. The molecular formula is C14H11BrIN3OS. The van der Waals surface area contributed by atoms with E-state index in [1.165, 1.54) is 0 Å². The summed E-state index contributed by atoms with van der Waals surface area (Å²) in [7, 11) is 0. The fourth-order valence-electron chi connectivity index (χ4n) is 1.54. The van der Waals surface area contributed by atoms with Crippen LogP contribution in [0.15, 0.2) is 40.9 Å². The van der Waals surface area contributed by atoms with E-state index < -0.39 is 0 Å². The number of benzene rings is 1. The number of amides is 1. The second kappa shape index (κ2) is 7.28. The summed E-state index contributed by atoms with van der Waals surface area (Å²) in [4.78, 5) is 16.3. The fraction of sp³-hybridized carbons (Fsp3) is 0.0714. The van der Waals surface area contributed by atoms with Gasteiger partial charge in [-0.3, -0.25) is 10.1 Å². The highest BCUT2D eigenvalue weighted by atomic mass is 127. The van der Waals surface area contributed by atoms with Crippen LogP contribution < -0.4 is 10.6 Å². The van der Waals surface area contributed by atoms with Crippen molar-refractivity contribution in [1.82, 2.24) is 10.3 Å². The molecule has 0 saturated carbocycles. The van der Waals surface area contributed by atoms with Crippen LogP contribution in [0.4, 0.5) is 5.82 Å². The van der Waals surface area contributed by atoms with Crippen LogP contribution in [-0.4, -0.2) is 16.0 Å². The van der Waals surface area contributed by atoms with Crippen molar-refractivity contribution < 1.29 is 4.79 Å². The highest BCUT2D eigenvalue weighted by Crippen LogP contribution is 2.16. The molecule has 0 aliphatic carbocycles. The van der Waals surface area contributed by atoms with Gasteiger partial charge in [0, 0.05) is 13.6 Å². The summed E-state index contributed by atoms with van der Waals surface area (Å²) in [6, 6.07) is 10.9. The zero-order valence-electron chi connectivity index (χ0n) is 11.0. The third-order valence-electron chi connectivity index (χ3n) is 2.60. The first-order valence-electron chi connectivity index (χ1n) is 5.97. The minimum Gasteiger partial charge on any atom is -0.317 e. The Kier molecular flexibility index (Phi) is 5.65. The minimum atomic E-state index is -0.252. The van der Waals surface area contributed by atoms with Gasteiger partial charge in [0.15, 0.2) is 5.11 Å². The predicted octanol–water partition coefficient (Wildman–Crippen LogP) is 3.88. The third kappa shape index (κ3) is 4.72. The van der Waals surface area contributed by atoms with Gasteiger partial charge in [0.1, 0.15) is 5.82 Å². The molecule has 0 spiro atoms. The zero-order chi connectivity index (χ0) is 15.4. The van der Waals surface area contributed by atoms with E-state index in [1.54, 1.807) is 18.2 Å². The Bertz CT molecular complexity index is 691. The van der Waals surface area contributed by atoms with E-state index in [9.17, 15) is 4.79 Å². The molecule has 0 fully saturated rings. The summed E-state index contributed by atoms with van der Waals surface area (Å²) < 4.78 is 1.99. The smallest absolute Gasteiger partial charge is 0.257 e. The van der Waals surface area contributed by atoms with Crippen molar-refractivity contribution in [2.45, 2.75) is 6.92 Å². The fourth-order valence-corrected chi connectivity index (χ4v) is 2.32. The summed E-state index contributed by atoms with van der Waals surface area (Å²) in [6.07, 6.45) is 0. The van der Waals surface area contributed by atoms with Gasteiger partial charge in [-0.15, -0.1) is 0 Å². The number of pyridine rings is 1. The maximum atomic E-state index is 12.0.